The van der Waals surface area contributed by atoms with Crippen LogP contribution in [-0.2, 0) is 9.59 Å². The molecule has 1 amide bonds. The molecule has 3 heteroatoms. The first kappa shape index (κ1) is 11.2. The van der Waals surface area contributed by atoms with E-state index in [9.17, 15) is 9.59 Å². The Bertz CT molecular complexity index is 382. The van der Waals surface area contributed by atoms with Gasteiger partial charge in [-0.15, -0.1) is 0 Å². The number of fused-ring (bicyclic) bond motifs is 2. The quantitative estimate of drug-likeness (QED) is 0.652. The molecule has 0 aromatic rings. The van der Waals surface area contributed by atoms with E-state index >= 15 is 0 Å². The molecule has 94 valence electrons. The van der Waals surface area contributed by atoms with E-state index in [1.54, 1.807) is 0 Å². The van der Waals surface area contributed by atoms with Crippen LogP contribution in [0.3, 0.4) is 0 Å². The van der Waals surface area contributed by atoms with Crippen molar-refractivity contribution in [3.05, 3.63) is 0 Å². The van der Waals surface area contributed by atoms with E-state index in [4.69, 9.17) is 0 Å². The number of rotatable bonds is 1. The van der Waals surface area contributed by atoms with E-state index in [0.717, 1.165) is 38.8 Å². The number of hydrogen-bond acceptors (Lipinski definition) is 2. The smallest absolute Gasteiger partial charge is 0.236 e. The van der Waals surface area contributed by atoms with Crippen LogP contribution in [0, 0.1) is 16.7 Å². The molecule has 3 fully saturated rings. The second-order valence-corrected chi connectivity index (χ2v) is 6.49. The number of likely N-dealkylation sites (tertiary alicyclic amines) is 1. The van der Waals surface area contributed by atoms with Crippen molar-refractivity contribution in [2.24, 2.45) is 16.7 Å². The van der Waals surface area contributed by atoms with Crippen LogP contribution < -0.4 is 0 Å². The molecular formula is C14H21NO2. The maximum absolute atomic E-state index is 12.8. The van der Waals surface area contributed by atoms with Gasteiger partial charge in [0.1, 0.15) is 11.2 Å². The summed E-state index contributed by atoms with van der Waals surface area (Å²) >= 11 is 0. The van der Waals surface area contributed by atoms with Crippen molar-refractivity contribution in [2.45, 2.75) is 46.0 Å². The zero-order valence-corrected chi connectivity index (χ0v) is 10.8. The predicted octanol–water partition coefficient (Wildman–Crippen LogP) is 2.00. The van der Waals surface area contributed by atoms with E-state index in [1.807, 2.05) is 4.90 Å². The molecular weight excluding hydrogens is 214 g/mol. The summed E-state index contributed by atoms with van der Waals surface area (Å²) in [4.78, 5) is 27.0. The van der Waals surface area contributed by atoms with Crippen LogP contribution in [0.4, 0.5) is 0 Å². The molecule has 3 rings (SSSR count). The Balaban J connectivity index is 1.98. The lowest BCUT2D eigenvalue weighted by Gasteiger charge is -2.37. The summed E-state index contributed by atoms with van der Waals surface area (Å²) < 4.78 is 0. The minimum atomic E-state index is -0.665. The van der Waals surface area contributed by atoms with Crippen molar-refractivity contribution in [3.8, 4) is 0 Å². The molecule has 2 bridgehead atoms. The number of ketones is 1. The molecule has 2 saturated carbocycles. The van der Waals surface area contributed by atoms with Crippen LogP contribution in [0.5, 0.6) is 0 Å². The lowest BCUT2D eigenvalue weighted by atomic mass is 9.68. The number of Topliss-reactive ketones (excluding diaryl/α,β-unsaturated/α-hetero) is 1. The maximum atomic E-state index is 12.8. The highest BCUT2D eigenvalue weighted by atomic mass is 16.2. The Morgan fingerprint density at radius 3 is 2.41 bits per heavy atom. The third-order valence-corrected chi connectivity index (χ3v) is 5.65. The van der Waals surface area contributed by atoms with Crippen LogP contribution in [-0.4, -0.2) is 29.7 Å². The average Bonchev–Trinajstić information content (AvgIpc) is 2.92. The molecule has 0 N–H and O–H groups in total. The molecule has 1 saturated heterocycles. The number of carbonyl (C=O) groups excluding carboxylic acids is 2. The fourth-order valence-corrected chi connectivity index (χ4v) is 4.37. The van der Waals surface area contributed by atoms with Gasteiger partial charge in [0.15, 0.2) is 0 Å². The predicted molar refractivity (Wildman–Crippen MR) is 64.4 cm³/mol. The van der Waals surface area contributed by atoms with Crippen LogP contribution in [0.2, 0.25) is 0 Å². The zero-order chi connectivity index (χ0) is 12.3. The van der Waals surface area contributed by atoms with Gasteiger partial charge in [0.25, 0.3) is 0 Å². The first-order chi connectivity index (χ1) is 8.00. The van der Waals surface area contributed by atoms with E-state index in [1.165, 1.54) is 0 Å². The van der Waals surface area contributed by atoms with Crippen molar-refractivity contribution in [1.82, 2.24) is 4.90 Å². The molecule has 1 heterocycles. The Hall–Kier alpha value is -0.860. The number of nitrogens with zero attached hydrogens (tertiary/aromatic N) is 1. The Morgan fingerprint density at radius 1 is 1.29 bits per heavy atom. The number of carbonyl (C=O) groups is 2. The van der Waals surface area contributed by atoms with Gasteiger partial charge in [0, 0.05) is 19.5 Å². The lowest BCUT2D eigenvalue weighted by Crippen LogP contribution is -2.50. The number of hydrogen-bond donors (Lipinski definition) is 0. The van der Waals surface area contributed by atoms with Gasteiger partial charge in [-0.25, -0.2) is 0 Å². The van der Waals surface area contributed by atoms with Gasteiger partial charge in [-0.05, 0) is 37.0 Å². The largest absolute Gasteiger partial charge is 0.342 e. The summed E-state index contributed by atoms with van der Waals surface area (Å²) in [6.45, 7) is 5.97. The summed E-state index contributed by atoms with van der Waals surface area (Å²) in [5.41, 5.74) is -0.786. The fourth-order valence-electron chi connectivity index (χ4n) is 4.37. The molecule has 0 aromatic carbocycles. The second kappa shape index (κ2) is 3.33. The third kappa shape index (κ3) is 1.18. The highest BCUT2D eigenvalue weighted by Crippen LogP contribution is 2.64. The number of amides is 1. The summed E-state index contributed by atoms with van der Waals surface area (Å²) in [7, 11) is 0. The second-order valence-electron chi connectivity index (χ2n) is 6.49. The third-order valence-electron chi connectivity index (χ3n) is 5.65. The van der Waals surface area contributed by atoms with Crippen molar-refractivity contribution in [1.29, 1.82) is 0 Å². The van der Waals surface area contributed by atoms with E-state index in [-0.39, 0.29) is 17.1 Å². The normalized spacial score (nSPS) is 39.1. The summed E-state index contributed by atoms with van der Waals surface area (Å²) in [5, 5.41) is 0. The van der Waals surface area contributed by atoms with E-state index in [0.29, 0.717) is 12.3 Å². The minimum absolute atomic E-state index is 0.121. The SMILES string of the molecule is CC1(C)C2CCC1(C(=O)N1CCCC1)C(=O)C2. The summed E-state index contributed by atoms with van der Waals surface area (Å²) in [6, 6.07) is 0. The van der Waals surface area contributed by atoms with E-state index < -0.39 is 5.41 Å². The highest BCUT2D eigenvalue weighted by Gasteiger charge is 2.68. The van der Waals surface area contributed by atoms with E-state index in [2.05, 4.69) is 13.8 Å². The molecule has 0 aromatic heterocycles. The van der Waals surface area contributed by atoms with Gasteiger partial charge < -0.3 is 4.90 Å². The Kier molecular flexibility index (Phi) is 2.20. The first-order valence-corrected chi connectivity index (χ1v) is 6.83. The minimum Gasteiger partial charge on any atom is -0.342 e. The van der Waals surface area contributed by atoms with Crippen molar-refractivity contribution >= 4 is 11.7 Å². The van der Waals surface area contributed by atoms with Gasteiger partial charge >= 0.3 is 0 Å². The zero-order valence-electron chi connectivity index (χ0n) is 10.8. The average molecular weight is 235 g/mol. The summed E-state index contributed by atoms with van der Waals surface area (Å²) in [5.74, 6) is 0.794. The van der Waals surface area contributed by atoms with Crippen LogP contribution >= 0.6 is 0 Å². The fraction of sp³-hybridized carbons (Fsp3) is 0.857. The van der Waals surface area contributed by atoms with Crippen LogP contribution in [0.15, 0.2) is 0 Å². The van der Waals surface area contributed by atoms with Gasteiger partial charge in [-0.2, -0.15) is 0 Å². The first-order valence-electron chi connectivity index (χ1n) is 6.83. The molecule has 0 spiro atoms. The van der Waals surface area contributed by atoms with Gasteiger partial charge in [-0.1, -0.05) is 13.8 Å². The molecule has 2 unspecified atom stereocenters. The Labute approximate surface area is 103 Å². The molecule has 3 nitrogen and oxygen atoms in total. The lowest BCUT2D eigenvalue weighted by molar-refractivity contribution is -0.152. The molecule has 3 aliphatic rings. The topological polar surface area (TPSA) is 37.4 Å². The Morgan fingerprint density at radius 2 is 1.94 bits per heavy atom. The maximum Gasteiger partial charge on any atom is 0.236 e. The molecule has 1 aliphatic heterocycles. The molecule has 17 heavy (non-hydrogen) atoms. The van der Waals surface area contributed by atoms with Crippen molar-refractivity contribution in [3.63, 3.8) is 0 Å². The van der Waals surface area contributed by atoms with Crippen LogP contribution in [0.1, 0.15) is 46.0 Å². The van der Waals surface area contributed by atoms with Gasteiger partial charge in [-0.3, -0.25) is 9.59 Å². The van der Waals surface area contributed by atoms with Crippen molar-refractivity contribution in [2.75, 3.05) is 13.1 Å². The summed E-state index contributed by atoms with van der Waals surface area (Å²) in [6.07, 6.45) is 4.67. The van der Waals surface area contributed by atoms with Gasteiger partial charge in [0.05, 0.1) is 0 Å². The van der Waals surface area contributed by atoms with Crippen LogP contribution in [0.25, 0.3) is 0 Å². The highest BCUT2D eigenvalue weighted by molar-refractivity contribution is 6.09. The van der Waals surface area contributed by atoms with Crippen molar-refractivity contribution < 1.29 is 9.59 Å². The molecule has 2 atom stereocenters. The standard InChI is InChI=1S/C14H21NO2/c1-13(2)10-5-6-14(13,11(16)9-10)12(17)15-7-3-4-8-15/h10H,3-9H2,1-2H3. The molecule has 2 aliphatic carbocycles. The molecule has 0 radical (unpaired) electrons. The van der Waals surface area contributed by atoms with Gasteiger partial charge in [0.2, 0.25) is 5.91 Å². The monoisotopic (exact) mass is 235 g/mol.